The van der Waals surface area contributed by atoms with E-state index < -0.39 is 12.0 Å². The van der Waals surface area contributed by atoms with Crippen LogP contribution in [-0.2, 0) is 16.1 Å². The van der Waals surface area contributed by atoms with Crippen LogP contribution in [0.2, 0.25) is 0 Å². The van der Waals surface area contributed by atoms with E-state index in [0.717, 1.165) is 22.3 Å². The van der Waals surface area contributed by atoms with E-state index in [1.165, 1.54) is 7.11 Å². The number of rotatable bonds is 7. The van der Waals surface area contributed by atoms with Gasteiger partial charge in [-0.2, -0.15) is 0 Å². The highest BCUT2D eigenvalue weighted by Crippen LogP contribution is 2.31. The maximum atomic E-state index is 13.2. The number of nitrogens with zero attached hydrogens (tertiary/aromatic N) is 2. The first-order chi connectivity index (χ1) is 18.9. The van der Waals surface area contributed by atoms with Crippen LogP contribution in [0.4, 0.5) is 5.69 Å². The summed E-state index contributed by atoms with van der Waals surface area (Å²) in [6.07, 6.45) is 1.60. The second-order valence-corrected chi connectivity index (χ2v) is 9.85. The lowest BCUT2D eigenvalue weighted by Gasteiger charge is -2.28. The molecular weight excluding hydrogens is 490 g/mol. The number of nitrogens with one attached hydrogen (secondary N) is 1. The van der Waals surface area contributed by atoms with E-state index in [1.807, 2.05) is 68.4 Å². The van der Waals surface area contributed by atoms with Crippen molar-refractivity contribution in [3.05, 3.63) is 108 Å². The molecular formula is C32H29N3O4. The minimum Gasteiger partial charge on any atom is -0.467 e. The summed E-state index contributed by atoms with van der Waals surface area (Å²) >= 11 is 0. The largest absolute Gasteiger partial charge is 0.467 e. The average molecular weight is 520 g/mol. The van der Waals surface area contributed by atoms with E-state index in [1.54, 1.807) is 41.4 Å². The molecule has 5 rings (SSSR count). The Morgan fingerprint density at radius 2 is 1.59 bits per heavy atom. The van der Waals surface area contributed by atoms with Crippen molar-refractivity contribution in [1.29, 1.82) is 0 Å². The first kappa shape index (κ1) is 25.9. The molecule has 7 nitrogen and oxygen atoms in total. The van der Waals surface area contributed by atoms with Crippen molar-refractivity contribution < 1.29 is 19.1 Å². The molecule has 0 unspecified atom stereocenters. The highest BCUT2D eigenvalue weighted by atomic mass is 16.5. The number of hydrogen-bond acceptors (Lipinski definition) is 5. The predicted octanol–water partition coefficient (Wildman–Crippen LogP) is 5.82. The lowest BCUT2D eigenvalue weighted by atomic mass is 10.0. The Balaban J connectivity index is 1.28. The van der Waals surface area contributed by atoms with Gasteiger partial charge in [-0.25, -0.2) is 4.79 Å². The van der Waals surface area contributed by atoms with Gasteiger partial charge in [-0.1, -0.05) is 68.4 Å². The molecule has 0 fully saturated rings. The van der Waals surface area contributed by atoms with Crippen LogP contribution in [0.5, 0.6) is 0 Å². The molecule has 0 saturated carbocycles. The molecule has 1 N–H and O–H groups in total. The number of anilines is 1. The molecule has 2 heterocycles. The van der Waals surface area contributed by atoms with Crippen LogP contribution in [0, 0.1) is 5.92 Å². The summed E-state index contributed by atoms with van der Waals surface area (Å²) in [6.45, 7) is 4.15. The first-order valence-corrected chi connectivity index (χ1v) is 12.8. The number of pyridine rings is 1. The molecule has 0 aliphatic carbocycles. The number of fused-ring (bicyclic) bond motifs is 1. The molecule has 0 bridgehead atoms. The monoisotopic (exact) mass is 519 g/mol. The fourth-order valence-electron chi connectivity index (χ4n) is 4.87. The molecule has 1 atom stereocenters. The topological polar surface area (TPSA) is 88.6 Å². The Morgan fingerprint density at radius 3 is 2.23 bits per heavy atom. The second kappa shape index (κ2) is 10.9. The number of methoxy groups -OCH3 is 1. The predicted molar refractivity (Wildman–Crippen MR) is 150 cm³/mol. The quantitative estimate of drug-likeness (QED) is 0.311. The third kappa shape index (κ3) is 5.29. The molecule has 0 radical (unpaired) electrons. The normalized spacial score (nSPS) is 13.2. The number of esters is 1. The summed E-state index contributed by atoms with van der Waals surface area (Å²) in [6, 6.07) is 26.0. The highest BCUT2D eigenvalue weighted by Gasteiger charge is 2.38. The highest BCUT2D eigenvalue weighted by molar-refractivity contribution is 6.04. The van der Waals surface area contributed by atoms with Crippen molar-refractivity contribution in [3.63, 3.8) is 0 Å². The van der Waals surface area contributed by atoms with Gasteiger partial charge in [-0.15, -0.1) is 0 Å². The summed E-state index contributed by atoms with van der Waals surface area (Å²) in [4.78, 5) is 44.4. The summed E-state index contributed by atoms with van der Waals surface area (Å²) < 4.78 is 4.94. The maximum absolute atomic E-state index is 13.2. The fourth-order valence-corrected chi connectivity index (χ4v) is 4.87. The number of carbonyl (C=O) groups excluding carboxylic acids is 3. The SMILES string of the molecule is COC(=O)[C@H](C(C)C)N1Cc2ccc(-c3ccc(NC(=O)c4ccc(-c5ccccc5)cc4)cn3)cc2C1=O. The lowest BCUT2D eigenvalue weighted by molar-refractivity contribution is -0.147. The molecule has 1 aliphatic rings. The molecule has 1 aromatic heterocycles. The Bertz CT molecular complexity index is 1510. The molecule has 0 saturated heterocycles. The zero-order valence-electron chi connectivity index (χ0n) is 22.0. The third-order valence-corrected chi connectivity index (χ3v) is 6.92. The fraction of sp³-hybridized carbons (Fsp3) is 0.188. The van der Waals surface area contributed by atoms with Gasteiger partial charge in [0.05, 0.1) is 24.7 Å². The van der Waals surface area contributed by atoms with E-state index in [9.17, 15) is 14.4 Å². The minimum atomic E-state index is -0.645. The van der Waals surface area contributed by atoms with Gasteiger partial charge in [0.2, 0.25) is 0 Å². The van der Waals surface area contributed by atoms with Crippen molar-refractivity contribution in [2.75, 3.05) is 12.4 Å². The summed E-state index contributed by atoms with van der Waals surface area (Å²) in [7, 11) is 1.34. The van der Waals surface area contributed by atoms with E-state index in [2.05, 4.69) is 10.3 Å². The summed E-state index contributed by atoms with van der Waals surface area (Å²) in [5.74, 6) is -0.921. The average Bonchev–Trinajstić information content (AvgIpc) is 3.28. The Labute approximate surface area is 227 Å². The smallest absolute Gasteiger partial charge is 0.328 e. The molecule has 1 aliphatic heterocycles. The van der Waals surface area contributed by atoms with Gasteiger partial charge in [0.25, 0.3) is 11.8 Å². The van der Waals surface area contributed by atoms with E-state index in [0.29, 0.717) is 29.1 Å². The van der Waals surface area contributed by atoms with Crippen molar-refractivity contribution in [3.8, 4) is 22.4 Å². The second-order valence-electron chi connectivity index (χ2n) is 9.85. The van der Waals surface area contributed by atoms with Gasteiger partial charge in [0.1, 0.15) is 6.04 Å². The Kier molecular flexibility index (Phi) is 7.23. The summed E-state index contributed by atoms with van der Waals surface area (Å²) in [5.41, 5.74) is 6.11. The van der Waals surface area contributed by atoms with Gasteiger partial charge in [0.15, 0.2) is 0 Å². The standard InChI is InChI=1S/C32H29N3O4/c1-20(2)29(32(38)39-3)35-19-25-14-13-24(17-27(25)31(35)37)28-16-15-26(18-33-28)34-30(36)23-11-9-22(10-12-23)21-7-5-4-6-8-21/h4-18,20,29H,19H2,1-3H3,(H,34,36)/t29-/m0/s1. The zero-order valence-corrected chi connectivity index (χ0v) is 22.0. The number of aromatic nitrogens is 1. The van der Waals surface area contributed by atoms with Gasteiger partial charge < -0.3 is 15.0 Å². The maximum Gasteiger partial charge on any atom is 0.328 e. The van der Waals surface area contributed by atoms with Crippen LogP contribution in [0.15, 0.2) is 91.1 Å². The van der Waals surface area contributed by atoms with Crippen LogP contribution < -0.4 is 5.32 Å². The molecule has 4 aromatic rings. The number of hydrogen-bond donors (Lipinski definition) is 1. The van der Waals surface area contributed by atoms with Crippen LogP contribution >= 0.6 is 0 Å². The number of amides is 2. The number of benzene rings is 3. The number of carbonyl (C=O) groups is 3. The molecule has 7 heteroatoms. The third-order valence-electron chi connectivity index (χ3n) is 6.92. The number of ether oxygens (including phenoxy) is 1. The molecule has 0 spiro atoms. The van der Waals surface area contributed by atoms with Gasteiger partial charge >= 0.3 is 5.97 Å². The van der Waals surface area contributed by atoms with E-state index in [4.69, 9.17) is 4.74 Å². The molecule has 39 heavy (non-hydrogen) atoms. The van der Waals surface area contributed by atoms with Crippen LogP contribution in [-0.4, -0.2) is 40.8 Å². The Hall–Kier alpha value is -4.78. The van der Waals surface area contributed by atoms with Crippen LogP contribution in [0.25, 0.3) is 22.4 Å². The van der Waals surface area contributed by atoms with Crippen molar-refractivity contribution >= 4 is 23.5 Å². The van der Waals surface area contributed by atoms with Crippen LogP contribution in [0.3, 0.4) is 0 Å². The van der Waals surface area contributed by atoms with Gasteiger partial charge in [-0.3, -0.25) is 14.6 Å². The molecule has 196 valence electrons. The van der Waals surface area contributed by atoms with Gasteiger partial charge in [-0.05, 0) is 52.9 Å². The lowest BCUT2D eigenvalue weighted by Crippen LogP contribution is -2.45. The Morgan fingerprint density at radius 1 is 0.897 bits per heavy atom. The van der Waals surface area contributed by atoms with E-state index in [-0.39, 0.29) is 17.7 Å². The first-order valence-electron chi connectivity index (χ1n) is 12.8. The minimum absolute atomic E-state index is 0.0820. The van der Waals surface area contributed by atoms with E-state index >= 15 is 0 Å². The molecule has 3 aromatic carbocycles. The molecule has 2 amide bonds. The summed E-state index contributed by atoms with van der Waals surface area (Å²) in [5, 5.41) is 2.88. The van der Waals surface area contributed by atoms with Gasteiger partial charge in [0, 0.05) is 23.2 Å². The van der Waals surface area contributed by atoms with Crippen molar-refractivity contribution in [2.24, 2.45) is 5.92 Å². The van der Waals surface area contributed by atoms with Crippen LogP contribution in [0.1, 0.15) is 40.1 Å². The zero-order chi connectivity index (χ0) is 27.5. The van der Waals surface area contributed by atoms with Crippen molar-refractivity contribution in [2.45, 2.75) is 26.4 Å². The van der Waals surface area contributed by atoms with Crippen molar-refractivity contribution in [1.82, 2.24) is 9.88 Å².